The summed E-state index contributed by atoms with van der Waals surface area (Å²) in [5.41, 5.74) is 0. The van der Waals surface area contributed by atoms with E-state index in [2.05, 4.69) is 10.3 Å². The van der Waals surface area contributed by atoms with Gasteiger partial charge in [-0.25, -0.2) is 9.78 Å². The van der Waals surface area contributed by atoms with Gasteiger partial charge in [-0.15, -0.1) is 0 Å². The van der Waals surface area contributed by atoms with Crippen LogP contribution < -0.4 is 5.32 Å². The van der Waals surface area contributed by atoms with Crippen molar-refractivity contribution in [1.82, 2.24) is 10.3 Å². The van der Waals surface area contributed by atoms with Crippen LogP contribution in [0.5, 0.6) is 0 Å². The van der Waals surface area contributed by atoms with E-state index in [0.717, 1.165) is 6.20 Å². The van der Waals surface area contributed by atoms with Crippen LogP contribution in [0.25, 0.3) is 0 Å². The van der Waals surface area contributed by atoms with Gasteiger partial charge in [-0.3, -0.25) is 19.7 Å². The molecule has 20 heavy (non-hydrogen) atoms. The number of thiazole rings is 1. The Hall–Kier alpha value is -2.56. The summed E-state index contributed by atoms with van der Waals surface area (Å²) in [6.07, 6.45) is 0.145. The highest BCUT2D eigenvalue weighted by atomic mass is 32.1. The number of nitro groups is 1. The molecule has 0 aliphatic rings. The molecular weight excluding hydrogens is 294 g/mol. The van der Waals surface area contributed by atoms with Gasteiger partial charge in [-0.1, -0.05) is 0 Å². The fourth-order valence-corrected chi connectivity index (χ4v) is 1.84. The molecule has 11 heteroatoms. The number of nitrogens with zero attached hydrogens (tertiary/aromatic N) is 2. The Morgan fingerprint density at radius 3 is 2.55 bits per heavy atom. The van der Waals surface area contributed by atoms with Crippen LogP contribution in [0, 0.1) is 10.1 Å². The van der Waals surface area contributed by atoms with E-state index < -0.39 is 35.2 Å². The Morgan fingerprint density at radius 2 is 2.10 bits per heavy atom. The minimum absolute atomic E-state index is 0.265. The quantitative estimate of drug-likeness (QED) is 0.472. The van der Waals surface area contributed by atoms with Gasteiger partial charge in [0.05, 0.1) is 4.92 Å². The first-order chi connectivity index (χ1) is 9.31. The van der Waals surface area contributed by atoms with E-state index in [0.29, 0.717) is 11.3 Å². The third-order valence-corrected chi connectivity index (χ3v) is 3.07. The van der Waals surface area contributed by atoms with Crippen molar-refractivity contribution >= 4 is 34.2 Å². The fourth-order valence-electron chi connectivity index (χ4n) is 1.20. The molecule has 0 aliphatic carbocycles. The van der Waals surface area contributed by atoms with Crippen molar-refractivity contribution in [3.05, 3.63) is 21.3 Å². The van der Waals surface area contributed by atoms with E-state index in [1.54, 1.807) is 0 Å². The SMILES string of the molecule is O=C(O)CC[C@H](NC(=O)c1ncc([N+](=O)[O-])s1)C(=O)O. The Labute approximate surface area is 115 Å². The number of aliphatic carboxylic acids is 2. The van der Waals surface area contributed by atoms with Gasteiger partial charge in [0, 0.05) is 6.42 Å². The van der Waals surface area contributed by atoms with Crippen LogP contribution in [0.3, 0.4) is 0 Å². The first kappa shape index (κ1) is 15.5. The summed E-state index contributed by atoms with van der Waals surface area (Å²) < 4.78 is 0. The summed E-state index contributed by atoms with van der Waals surface area (Å²) >= 11 is 0.496. The third kappa shape index (κ3) is 4.28. The average molecular weight is 303 g/mol. The molecule has 0 aromatic carbocycles. The number of carboxylic acids is 2. The number of hydrogen-bond donors (Lipinski definition) is 3. The highest BCUT2D eigenvalue weighted by Crippen LogP contribution is 2.20. The predicted octanol–water partition coefficient (Wildman–Crippen LogP) is 0.0991. The lowest BCUT2D eigenvalue weighted by atomic mass is 10.1. The molecule has 0 radical (unpaired) electrons. The van der Waals surface area contributed by atoms with E-state index >= 15 is 0 Å². The summed E-state index contributed by atoms with van der Waals surface area (Å²) in [5.74, 6) is -3.50. The van der Waals surface area contributed by atoms with Crippen LogP contribution in [0.2, 0.25) is 0 Å². The largest absolute Gasteiger partial charge is 0.481 e. The van der Waals surface area contributed by atoms with Gasteiger partial charge in [-0.2, -0.15) is 0 Å². The zero-order chi connectivity index (χ0) is 15.3. The van der Waals surface area contributed by atoms with Crippen molar-refractivity contribution in [3.63, 3.8) is 0 Å². The summed E-state index contributed by atoms with van der Waals surface area (Å²) in [6, 6.07) is -1.40. The highest BCUT2D eigenvalue weighted by Gasteiger charge is 2.24. The van der Waals surface area contributed by atoms with Crippen LogP contribution in [0.4, 0.5) is 5.00 Å². The molecule has 1 atom stereocenters. The molecule has 1 heterocycles. The molecule has 1 amide bonds. The molecule has 1 rings (SSSR count). The number of carbonyl (C=O) groups is 3. The summed E-state index contributed by atoms with van der Waals surface area (Å²) in [5, 5.41) is 29.2. The van der Waals surface area contributed by atoms with Crippen molar-refractivity contribution in [2.45, 2.75) is 18.9 Å². The van der Waals surface area contributed by atoms with Crippen molar-refractivity contribution < 1.29 is 29.5 Å². The van der Waals surface area contributed by atoms with Crippen molar-refractivity contribution in [2.24, 2.45) is 0 Å². The molecule has 3 N–H and O–H groups in total. The molecular formula is C9H9N3O7S. The maximum atomic E-state index is 11.6. The molecule has 108 valence electrons. The van der Waals surface area contributed by atoms with Gasteiger partial charge in [0.25, 0.3) is 5.91 Å². The second kappa shape index (κ2) is 6.56. The lowest BCUT2D eigenvalue weighted by molar-refractivity contribution is -0.380. The Bertz CT molecular complexity index is 555. The molecule has 0 aliphatic heterocycles. The lowest BCUT2D eigenvalue weighted by Gasteiger charge is -2.11. The Kier molecular flexibility index (Phi) is 5.08. The summed E-state index contributed by atoms with van der Waals surface area (Å²) in [6.45, 7) is 0. The second-order valence-corrected chi connectivity index (χ2v) is 4.57. The van der Waals surface area contributed by atoms with Crippen LogP contribution in [-0.2, 0) is 9.59 Å². The van der Waals surface area contributed by atoms with Gasteiger partial charge < -0.3 is 15.5 Å². The highest BCUT2D eigenvalue weighted by molar-refractivity contribution is 7.16. The predicted molar refractivity (Wildman–Crippen MR) is 64.5 cm³/mol. The van der Waals surface area contributed by atoms with E-state index in [9.17, 15) is 24.5 Å². The standard InChI is InChI=1S/C9H9N3O7S/c13-6(14)2-1-4(9(16)17)11-7(15)8-10-3-5(20-8)12(18)19/h3-4H,1-2H2,(H,11,15)(H,13,14)(H,16,17)/t4-/m0/s1. The zero-order valence-electron chi connectivity index (χ0n) is 9.81. The smallest absolute Gasteiger partial charge is 0.344 e. The lowest BCUT2D eigenvalue weighted by Crippen LogP contribution is -2.41. The van der Waals surface area contributed by atoms with Crippen molar-refractivity contribution in [2.75, 3.05) is 0 Å². The number of hydrogen-bond acceptors (Lipinski definition) is 7. The molecule has 1 aromatic rings. The van der Waals surface area contributed by atoms with E-state index in [4.69, 9.17) is 10.2 Å². The van der Waals surface area contributed by atoms with Crippen molar-refractivity contribution in [1.29, 1.82) is 0 Å². The van der Waals surface area contributed by atoms with Crippen LogP contribution in [0.15, 0.2) is 6.20 Å². The topological polar surface area (TPSA) is 160 Å². The number of nitrogens with one attached hydrogen (secondary N) is 1. The number of carbonyl (C=O) groups excluding carboxylic acids is 1. The number of rotatable bonds is 7. The number of aromatic nitrogens is 1. The van der Waals surface area contributed by atoms with Crippen LogP contribution >= 0.6 is 11.3 Å². The van der Waals surface area contributed by atoms with E-state index in [-0.39, 0.29) is 16.4 Å². The number of amides is 1. The zero-order valence-corrected chi connectivity index (χ0v) is 10.6. The monoisotopic (exact) mass is 303 g/mol. The van der Waals surface area contributed by atoms with Gasteiger partial charge in [0.1, 0.15) is 12.2 Å². The molecule has 1 aromatic heterocycles. The summed E-state index contributed by atoms with van der Waals surface area (Å²) in [4.78, 5) is 46.1. The molecule has 0 unspecified atom stereocenters. The maximum Gasteiger partial charge on any atom is 0.344 e. The Morgan fingerprint density at radius 1 is 1.45 bits per heavy atom. The third-order valence-electron chi connectivity index (χ3n) is 2.12. The van der Waals surface area contributed by atoms with Crippen LogP contribution in [-0.4, -0.2) is 44.0 Å². The van der Waals surface area contributed by atoms with Gasteiger partial charge >= 0.3 is 16.9 Å². The van der Waals surface area contributed by atoms with Gasteiger partial charge in [-0.05, 0) is 17.8 Å². The minimum atomic E-state index is -1.40. The number of carboxylic acid groups (broad SMARTS) is 2. The average Bonchev–Trinajstić information content (AvgIpc) is 2.83. The molecule has 0 saturated heterocycles. The molecule has 10 nitrogen and oxygen atoms in total. The maximum absolute atomic E-state index is 11.6. The van der Waals surface area contributed by atoms with E-state index in [1.165, 1.54) is 0 Å². The molecule has 0 bridgehead atoms. The molecule has 0 fully saturated rings. The molecule has 0 saturated carbocycles. The van der Waals surface area contributed by atoms with E-state index in [1.807, 2.05) is 0 Å². The minimum Gasteiger partial charge on any atom is -0.481 e. The first-order valence-electron chi connectivity index (χ1n) is 5.17. The second-order valence-electron chi connectivity index (χ2n) is 3.56. The van der Waals surface area contributed by atoms with Crippen LogP contribution in [0.1, 0.15) is 22.6 Å². The fraction of sp³-hybridized carbons (Fsp3) is 0.333. The van der Waals surface area contributed by atoms with Gasteiger partial charge in [0.15, 0.2) is 5.01 Å². The van der Waals surface area contributed by atoms with Crippen molar-refractivity contribution in [3.8, 4) is 0 Å². The molecule has 0 spiro atoms. The summed E-state index contributed by atoms with van der Waals surface area (Å²) in [7, 11) is 0. The Balaban J connectivity index is 2.72. The first-order valence-corrected chi connectivity index (χ1v) is 5.98. The van der Waals surface area contributed by atoms with Gasteiger partial charge in [0.2, 0.25) is 0 Å². The normalized spacial score (nSPS) is 11.6.